The van der Waals surface area contributed by atoms with E-state index in [2.05, 4.69) is 25.2 Å². The van der Waals surface area contributed by atoms with Crippen LogP contribution in [0.2, 0.25) is 0 Å². The molecule has 4 aromatic rings. The van der Waals surface area contributed by atoms with Crippen molar-refractivity contribution in [3.63, 3.8) is 0 Å². The smallest absolute Gasteiger partial charge is 0.407 e. The molecule has 0 radical (unpaired) electrons. The second-order valence-corrected chi connectivity index (χ2v) is 9.00. The lowest BCUT2D eigenvalue weighted by atomic mass is 10.2. The van der Waals surface area contributed by atoms with Gasteiger partial charge in [-0.3, -0.25) is 4.98 Å². The number of benzene rings is 1. The molecular formula is C25H26N8O4. The number of likely N-dealkylation sites (tertiary alicyclic amines) is 1. The van der Waals surface area contributed by atoms with Gasteiger partial charge in [0.2, 0.25) is 0 Å². The number of nitrogens with zero attached hydrogens (tertiary/aromatic N) is 7. The summed E-state index contributed by atoms with van der Waals surface area (Å²) in [4.78, 5) is 28.3. The Balaban J connectivity index is 1.36. The van der Waals surface area contributed by atoms with E-state index in [1.54, 1.807) is 31.9 Å². The predicted molar refractivity (Wildman–Crippen MR) is 136 cm³/mol. The van der Waals surface area contributed by atoms with Gasteiger partial charge in [0.05, 0.1) is 36.1 Å². The maximum Gasteiger partial charge on any atom is 0.407 e. The number of anilines is 3. The van der Waals surface area contributed by atoms with Crippen molar-refractivity contribution in [2.24, 2.45) is 0 Å². The molecule has 0 aliphatic carbocycles. The number of piperazine rings is 1. The van der Waals surface area contributed by atoms with Gasteiger partial charge in [0.15, 0.2) is 5.82 Å². The summed E-state index contributed by atoms with van der Waals surface area (Å²) in [5.74, 6) is 2.72. The molecule has 190 valence electrons. The van der Waals surface area contributed by atoms with Crippen molar-refractivity contribution >= 4 is 34.4 Å². The fourth-order valence-corrected chi connectivity index (χ4v) is 5.08. The monoisotopic (exact) mass is 502 g/mol. The van der Waals surface area contributed by atoms with Crippen LogP contribution in [0, 0.1) is 0 Å². The van der Waals surface area contributed by atoms with Gasteiger partial charge < -0.3 is 29.7 Å². The lowest BCUT2D eigenvalue weighted by Crippen LogP contribution is -2.48. The van der Waals surface area contributed by atoms with E-state index in [0.717, 1.165) is 28.8 Å². The molecule has 0 spiro atoms. The number of carbonyl (C=O) groups is 1. The molecule has 3 aromatic heterocycles. The van der Waals surface area contributed by atoms with Gasteiger partial charge in [-0.15, -0.1) is 5.10 Å². The maximum absolute atomic E-state index is 11.5. The highest BCUT2D eigenvalue weighted by Crippen LogP contribution is 2.35. The fraction of sp³-hybridized carbons (Fsp3) is 0.320. The number of pyridine rings is 1. The Kier molecular flexibility index (Phi) is 5.93. The number of nitrogens with one attached hydrogen (secondary N) is 1. The minimum absolute atomic E-state index is 0.00641. The third-order valence-electron chi connectivity index (χ3n) is 6.77. The molecule has 1 amide bonds. The first-order valence-corrected chi connectivity index (χ1v) is 12.0. The minimum atomic E-state index is -0.858. The molecule has 2 aliphatic heterocycles. The standard InChI is InChI=1S/C25H26N8O4/c1-36-8-9-37-19-2-3-20-21(12-19)33(30-24(20)29-22-13-26-6-7-27-22)16-4-5-28-23(11-16)31-14-18-10-17(31)15-32(18)25(34)35/h2-7,11-13,17-18H,8-10,14-15H2,1H3,(H,34,35)(H,27,29,30)/t17-,18-/m0/s1. The summed E-state index contributed by atoms with van der Waals surface area (Å²) in [5.41, 5.74) is 1.67. The van der Waals surface area contributed by atoms with Crippen LogP contribution in [0.5, 0.6) is 5.75 Å². The molecule has 5 heterocycles. The Hall–Kier alpha value is -4.45. The first-order chi connectivity index (χ1) is 18.1. The van der Waals surface area contributed by atoms with Gasteiger partial charge >= 0.3 is 6.09 Å². The zero-order chi connectivity index (χ0) is 25.4. The Morgan fingerprint density at radius 3 is 2.78 bits per heavy atom. The van der Waals surface area contributed by atoms with Gasteiger partial charge in [-0.05, 0) is 24.6 Å². The summed E-state index contributed by atoms with van der Waals surface area (Å²) in [6, 6.07) is 9.81. The quantitative estimate of drug-likeness (QED) is 0.347. The highest BCUT2D eigenvalue weighted by molar-refractivity contribution is 5.93. The van der Waals surface area contributed by atoms with E-state index in [-0.39, 0.29) is 12.1 Å². The van der Waals surface area contributed by atoms with Crippen LogP contribution in [0.15, 0.2) is 55.1 Å². The van der Waals surface area contributed by atoms with Crippen LogP contribution in [0.4, 0.5) is 22.2 Å². The van der Waals surface area contributed by atoms with Crippen molar-refractivity contribution in [2.75, 3.05) is 43.6 Å². The molecule has 0 unspecified atom stereocenters. The number of carboxylic acid groups (broad SMARTS) is 1. The molecule has 2 aliphatic rings. The summed E-state index contributed by atoms with van der Waals surface area (Å²) in [5, 5.41) is 18.5. The highest BCUT2D eigenvalue weighted by Gasteiger charge is 2.45. The van der Waals surface area contributed by atoms with E-state index in [0.29, 0.717) is 43.7 Å². The number of hydrogen-bond acceptors (Lipinski definition) is 9. The molecule has 6 rings (SSSR count). The van der Waals surface area contributed by atoms with Crippen molar-refractivity contribution in [2.45, 2.75) is 18.5 Å². The van der Waals surface area contributed by atoms with E-state index in [1.165, 1.54) is 4.90 Å². The first-order valence-electron chi connectivity index (χ1n) is 12.0. The second-order valence-electron chi connectivity index (χ2n) is 9.00. The van der Waals surface area contributed by atoms with Crippen LogP contribution in [-0.2, 0) is 4.74 Å². The number of methoxy groups -OCH3 is 1. The number of amides is 1. The van der Waals surface area contributed by atoms with Crippen LogP contribution >= 0.6 is 0 Å². The number of fused-ring (bicyclic) bond motifs is 3. The third kappa shape index (κ3) is 4.35. The fourth-order valence-electron chi connectivity index (χ4n) is 5.08. The summed E-state index contributed by atoms with van der Waals surface area (Å²) >= 11 is 0. The van der Waals surface area contributed by atoms with Crippen LogP contribution in [0.25, 0.3) is 16.6 Å². The number of ether oxygens (including phenoxy) is 2. The maximum atomic E-state index is 11.5. The second kappa shape index (κ2) is 9.54. The van der Waals surface area contributed by atoms with Crippen molar-refractivity contribution in [1.82, 2.24) is 29.6 Å². The van der Waals surface area contributed by atoms with E-state index in [4.69, 9.17) is 14.6 Å². The summed E-state index contributed by atoms with van der Waals surface area (Å²) in [6.45, 7) is 2.04. The molecule has 12 heteroatoms. The van der Waals surface area contributed by atoms with Crippen molar-refractivity contribution in [1.29, 1.82) is 0 Å². The Labute approximate surface area is 212 Å². The Morgan fingerprint density at radius 1 is 1.11 bits per heavy atom. The molecule has 2 saturated heterocycles. The van der Waals surface area contributed by atoms with Crippen molar-refractivity contribution < 1.29 is 19.4 Å². The summed E-state index contributed by atoms with van der Waals surface area (Å²) in [6.07, 6.45) is 6.59. The number of rotatable bonds is 8. The zero-order valence-electron chi connectivity index (χ0n) is 20.2. The zero-order valence-corrected chi connectivity index (χ0v) is 20.2. The van der Waals surface area contributed by atoms with E-state index < -0.39 is 6.09 Å². The molecule has 2 bridgehead atoms. The SMILES string of the molecule is COCCOc1ccc2c(Nc3cnccn3)nn(-c3ccnc(N4C[C@@H]5C[C@H]4CN5C(=O)O)c3)c2c1. The van der Waals surface area contributed by atoms with Crippen LogP contribution < -0.4 is 15.0 Å². The predicted octanol–water partition coefficient (Wildman–Crippen LogP) is 2.92. The molecular weight excluding hydrogens is 476 g/mol. The van der Waals surface area contributed by atoms with E-state index >= 15 is 0 Å². The topological polar surface area (TPSA) is 131 Å². The van der Waals surface area contributed by atoms with Crippen molar-refractivity contribution in [3.05, 3.63) is 55.1 Å². The lowest BCUT2D eigenvalue weighted by Gasteiger charge is -2.33. The van der Waals surface area contributed by atoms with Gasteiger partial charge in [0.25, 0.3) is 0 Å². The van der Waals surface area contributed by atoms with Crippen molar-refractivity contribution in [3.8, 4) is 11.4 Å². The average molecular weight is 503 g/mol. The van der Waals surface area contributed by atoms with Gasteiger partial charge in [-0.2, -0.15) is 0 Å². The van der Waals surface area contributed by atoms with Gasteiger partial charge in [-0.1, -0.05) is 0 Å². The van der Waals surface area contributed by atoms with Crippen LogP contribution in [0.1, 0.15) is 6.42 Å². The van der Waals surface area contributed by atoms with Gasteiger partial charge in [0, 0.05) is 56.3 Å². The summed E-state index contributed by atoms with van der Waals surface area (Å²) in [7, 11) is 1.64. The lowest BCUT2D eigenvalue weighted by molar-refractivity contribution is 0.137. The summed E-state index contributed by atoms with van der Waals surface area (Å²) < 4.78 is 12.8. The van der Waals surface area contributed by atoms with Gasteiger partial charge in [0.1, 0.15) is 24.0 Å². The third-order valence-corrected chi connectivity index (χ3v) is 6.77. The average Bonchev–Trinajstić information content (AvgIpc) is 3.63. The van der Waals surface area contributed by atoms with E-state index in [9.17, 15) is 9.90 Å². The molecule has 2 atom stereocenters. The molecule has 2 fully saturated rings. The number of hydrogen-bond donors (Lipinski definition) is 2. The molecule has 2 N–H and O–H groups in total. The van der Waals surface area contributed by atoms with Crippen LogP contribution in [0.3, 0.4) is 0 Å². The highest BCUT2D eigenvalue weighted by atomic mass is 16.5. The molecule has 12 nitrogen and oxygen atoms in total. The van der Waals surface area contributed by atoms with Gasteiger partial charge in [-0.25, -0.2) is 19.4 Å². The van der Waals surface area contributed by atoms with E-state index in [1.807, 2.05) is 35.0 Å². The molecule has 1 aromatic carbocycles. The normalized spacial score (nSPS) is 18.5. The molecule has 37 heavy (non-hydrogen) atoms. The first kappa shape index (κ1) is 23.0. The Morgan fingerprint density at radius 2 is 2.03 bits per heavy atom. The molecule has 0 saturated carbocycles. The Bertz CT molecular complexity index is 1430. The number of aromatic nitrogens is 5. The largest absolute Gasteiger partial charge is 0.491 e. The minimum Gasteiger partial charge on any atom is -0.491 e. The van der Waals surface area contributed by atoms with Crippen LogP contribution in [-0.4, -0.2) is 86.3 Å².